The molecule has 0 aromatic carbocycles. The van der Waals surface area contributed by atoms with Crippen molar-refractivity contribution in [2.45, 2.75) is 25.0 Å². The van der Waals surface area contributed by atoms with Gasteiger partial charge in [0.15, 0.2) is 6.10 Å². The van der Waals surface area contributed by atoms with Gasteiger partial charge in [-0.15, -0.1) is 0 Å². The van der Waals surface area contributed by atoms with Crippen LogP contribution in [-0.4, -0.2) is 34.2 Å². The van der Waals surface area contributed by atoms with Crippen molar-refractivity contribution in [1.29, 1.82) is 0 Å². The molecule has 1 aliphatic heterocycles. The van der Waals surface area contributed by atoms with E-state index in [0.717, 1.165) is 6.07 Å². The van der Waals surface area contributed by atoms with Crippen LogP contribution in [0, 0.1) is 5.95 Å². The van der Waals surface area contributed by atoms with Crippen LogP contribution in [0.1, 0.15) is 12.8 Å². The van der Waals surface area contributed by atoms with Gasteiger partial charge in [-0.3, -0.25) is 4.79 Å². The summed E-state index contributed by atoms with van der Waals surface area (Å²) < 4.78 is 17.8. The SMILES string of the molecule is O=C(O)C1CCC(C(=O)Nc2cccc(F)n2)O1. The Morgan fingerprint density at radius 1 is 1.39 bits per heavy atom. The lowest BCUT2D eigenvalue weighted by Gasteiger charge is -2.11. The molecule has 96 valence electrons. The van der Waals surface area contributed by atoms with E-state index in [1.807, 2.05) is 0 Å². The van der Waals surface area contributed by atoms with Gasteiger partial charge in [0, 0.05) is 0 Å². The topological polar surface area (TPSA) is 88.5 Å². The first-order chi connectivity index (χ1) is 8.56. The number of halogens is 1. The van der Waals surface area contributed by atoms with Gasteiger partial charge < -0.3 is 15.2 Å². The minimum Gasteiger partial charge on any atom is -0.479 e. The van der Waals surface area contributed by atoms with Crippen LogP contribution in [0.15, 0.2) is 18.2 Å². The molecule has 0 radical (unpaired) electrons. The number of carboxylic acid groups (broad SMARTS) is 1. The Balaban J connectivity index is 1.95. The number of amides is 1. The molecule has 1 aromatic heterocycles. The molecule has 2 atom stereocenters. The fourth-order valence-corrected chi connectivity index (χ4v) is 1.70. The highest BCUT2D eigenvalue weighted by Crippen LogP contribution is 2.21. The van der Waals surface area contributed by atoms with E-state index >= 15 is 0 Å². The summed E-state index contributed by atoms with van der Waals surface area (Å²) in [5.74, 6) is -2.24. The zero-order valence-electron chi connectivity index (χ0n) is 9.30. The normalized spacial score (nSPS) is 22.7. The largest absolute Gasteiger partial charge is 0.479 e. The summed E-state index contributed by atoms with van der Waals surface area (Å²) >= 11 is 0. The van der Waals surface area contributed by atoms with Crippen LogP contribution in [0.25, 0.3) is 0 Å². The van der Waals surface area contributed by atoms with Crippen LogP contribution in [-0.2, 0) is 14.3 Å². The third-order valence-electron chi connectivity index (χ3n) is 2.55. The summed E-state index contributed by atoms with van der Waals surface area (Å²) in [5, 5.41) is 11.1. The average Bonchev–Trinajstić information content (AvgIpc) is 2.78. The van der Waals surface area contributed by atoms with E-state index in [4.69, 9.17) is 9.84 Å². The minimum absolute atomic E-state index is 0.0716. The molecule has 1 saturated heterocycles. The molecule has 1 amide bonds. The fraction of sp³-hybridized carbons (Fsp3) is 0.364. The maximum atomic E-state index is 12.8. The molecule has 7 heteroatoms. The third kappa shape index (κ3) is 2.80. The molecule has 2 rings (SSSR count). The predicted molar refractivity (Wildman–Crippen MR) is 58.4 cm³/mol. The van der Waals surface area contributed by atoms with Crippen molar-refractivity contribution in [3.8, 4) is 0 Å². The molecule has 2 N–H and O–H groups in total. The Kier molecular flexibility index (Phi) is 3.52. The highest BCUT2D eigenvalue weighted by atomic mass is 19.1. The van der Waals surface area contributed by atoms with Gasteiger partial charge in [-0.1, -0.05) is 6.07 Å². The molecule has 2 heterocycles. The van der Waals surface area contributed by atoms with Gasteiger partial charge in [0.1, 0.15) is 11.9 Å². The van der Waals surface area contributed by atoms with Crippen LogP contribution in [0.4, 0.5) is 10.2 Å². The van der Waals surface area contributed by atoms with E-state index in [1.165, 1.54) is 12.1 Å². The number of anilines is 1. The van der Waals surface area contributed by atoms with E-state index in [1.54, 1.807) is 0 Å². The third-order valence-corrected chi connectivity index (χ3v) is 2.55. The van der Waals surface area contributed by atoms with E-state index in [-0.39, 0.29) is 12.2 Å². The highest BCUT2D eigenvalue weighted by Gasteiger charge is 2.34. The van der Waals surface area contributed by atoms with Crippen molar-refractivity contribution in [3.05, 3.63) is 24.1 Å². The lowest BCUT2D eigenvalue weighted by Crippen LogP contribution is -2.30. The van der Waals surface area contributed by atoms with Crippen LogP contribution < -0.4 is 5.32 Å². The first-order valence-electron chi connectivity index (χ1n) is 5.38. The second-order valence-electron chi connectivity index (χ2n) is 3.86. The van der Waals surface area contributed by atoms with E-state index in [0.29, 0.717) is 6.42 Å². The molecular formula is C11H11FN2O4. The van der Waals surface area contributed by atoms with Crippen LogP contribution in [0.2, 0.25) is 0 Å². The number of ether oxygens (including phenoxy) is 1. The summed E-state index contributed by atoms with van der Waals surface area (Å²) in [7, 11) is 0. The number of carboxylic acids is 1. The second-order valence-corrected chi connectivity index (χ2v) is 3.86. The van der Waals surface area contributed by atoms with Crippen LogP contribution in [0.3, 0.4) is 0 Å². The van der Waals surface area contributed by atoms with E-state index < -0.39 is 30.0 Å². The zero-order chi connectivity index (χ0) is 13.1. The number of aromatic nitrogens is 1. The number of nitrogens with zero attached hydrogens (tertiary/aromatic N) is 1. The quantitative estimate of drug-likeness (QED) is 0.778. The van der Waals surface area contributed by atoms with Crippen molar-refractivity contribution >= 4 is 17.7 Å². The highest BCUT2D eigenvalue weighted by molar-refractivity contribution is 5.93. The standard InChI is InChI=1S/C11H11FN2O4/c12-8-2-1-3-9(13-8)14-10(15)6-4-5-7(18-6)11(16)17/h1-3,6-7H,4-5H2,(H,16,17)(H,13,14,15). The van der Waals surface area contributed by atoms with Crippen molar-refractivity contribution < 1.29 is 23.8 Å². The van der Waals surface area contributed by atoms with Gasteiger partial charge in [0.2, 0.25) is 5.95 Å². The van der Waals surface area contributed by atoms with Crippen LogP contribution >= 0.6 is 0 Å². The Morgan fingerprint density at radius 2 is 2.11 bits per heavy atom. The summed E-state index contributed by atoms with van der Waals surface area (Å²) in [4.78, 5) is 25.8. The summed E-state index contributed by atoms with van der Waals surface area (Å²) in [5.41, 5.74) is 0. The Hall–Kier alpha value is -2.02. The van der Waals surface area contributed by atoms with Gasteiger partial charge in [-0.05, 0) is 25.0 Å². The number of rotatable bonds is 3. The Labute approximate surface area is 102 Å². The fourth-order valence-electron chi connectivity index (χ4n) is 1.70. The number of carbonyl (C=O) groups is 2. The number of aliphatic carboxylic acids is 1. The molecule has 2 unspecified atom stereocenters. The van der Waals surface area contributed by atoms with Gasteiger partial charge in [-0.25, -0.2) is 9.78 Å². The first kappa shape index (κ1) is 12.4. The second kappa shape index (κ2) is 5.09. The molecule has 1 aromatic rings. The van der Waals surface area contributed by atoms with Crippen molar-refractivity contribution in [2.75, 3.05) is 5.32 Å². The molecular weight excluding hydrogens is 243 g/mol. The summed E-state index contributed by atoms with van der Waals surface area (Å²) in [6.45, 7) is 0. The van der Waals surface area contributed by atoms with E-state index in [9.17, 15) is 14.0 Å². The van der Waals surface area contributed by atoms with E-state index in [2.05, 4.69) is 10.3 Å². The molecule has 0 bridgehead atoms. The first-order valence-corrected chi connectivity index (χ1v) is 5.38. The number of nitrogens with one attached hydrogen (secondary N) is 1. The average molecular weight is 254 g/mol. The van der Waals surface area contributed by atoms with Crippen molar-refractivity contribution in [3.63, 3.8) is 0 Å². The Morgan fingerprint density at radius 3 is 2.72 bits per heavy atom. The molecule has 0 aliphatic carbocycles. The number of carbonyl (C=O) groups excluding carboxylic acids is 1. The molecule has 0 saturated carbocycles. The summed E-state index contributed by atoms with van der Waals surface area (Å²) in [6.07, 6.45) is -1.19. The molecule has 6 nitrogen and oxygen atoms in total. The maximum Gasteiger partial charge on any atom is 0.332 e. The van der Waals surface area contributed by atoms with Gasteiger partial charge >= 0.3 is 5.97 Å². The predicted octanol–water partition coefficient (Wildman–Crippen LogP) is 0.791. The lowest BCUT2D eigenvalue weighted by atomic mass is 10.2. The maximum absolute atomic E-state index is 12.8. The number of hydrogen-bond donors (Lipinski definition) is 2. The minimum atomic E-state index is -1.09. The van der Waals surface area contributed by atoms with Crippen molar-refractivity contribution in [1.82, 2.24) is 4.98 Å². The Bertz CT molecular complexity index is 480. The smallest absolute Gasteiger partial charge is 0.332 e. The van der Waals surface area contributed by atoms with Gasteiger partial charge in [0.25, 0.3) is 5.91 Å². The molecule has 0 spiro atoms. The molecule has 1 fully saturated rings. The lowest BCUT2D eigenvalue weighted by molar-refractivity contribution is -0.150. The van der Waals surface area contributed by atoms with Gasteiger partial charge in [0.05, 0.1) is 0 Å². The van der Waals surface area contributed by atoms with Crippen LogP contribution in [0.5, 0.6) is 0 Å². The van der Waals surface area contributed by atoms with Crippen molar-refractivity contribution in [2.24, 2.45) is 0 Å². The zero-order valence-corrected chi connectivity index (χ0v) is 9.30. The van der Waals surface area contributed by atoms with Gasteiger partial charge in [-0.2, -0.15) is 4.39 Å². The number of hydrogen-bond acceptors (Lipinski definition) is 4. The number of pyridine rings is 1. The molecule has 1 aliphatic rings. The monoisotopic (exact) mass is 254 g/mol. The molecule has 18 heavy (non-hydrogen) atoms. The summed E-state index contributed by atoms with van der Waals surface area (Å²) in [6, 6.07) is 4.00.